The number of benzene rings is 1. The average molecular weight is 347 g/mol. The maximum Gasteiger partial charge on any atom is 0.469 e. The van der Waals surface area contributed by atoms with Gasteiger partial charge in [0.25, 0.3) is 0 Å². The van der Waals surface area contributed by atoms with Gasteiger partial charge in [0.15, 0.2) is 12.6 Å². The van der Waals surface area contributed by atoms with E-state index in [1.54, 1.807) is 0 Å². The van der Waals surface area contributed by atoms with E-state index >= 15 is 0 Å². The van der Waals surface area contributed by atoms with Gasteiger partial charge in [-0.2, -0.15) is 0 Å². The van der Waals surface area contributed by atoms with Gasteiger partial charge in [-0.3, -0.25) is 9.36 Å². The molecule has 1 unspecified atom stereocenters. The van der Waals surface area contributed by atoms with Gasteiger partial charge < -0.3 is 24.0 Å². The average Bonchev–Trinajstić information content (AvgIpc) is 2.53. The highest BCUT2D eigenvalue weighted by molar-refractivity contribution is 7.46. The van der Waals surface area contributed by atoms with Crippen molar-refractivity contribution in [3.63, 3.8) is 0 Å². The van der Waals surface area contributed by atoms with Crippen molar-refractivity contribution in [2.75, 3.05) is 6.61 Å². The molecule has 2 aliphatic heterocycles. The zero-order valence-electron chi connectivity index (χ0n) is 12.1. The smallest absolute Gasteiger partial charge is 0.346 e. The highest BCUT2D eigenvalue weighted by Gasteiger charge is 2.47. The summed E-state index contributed by atoms with van der Waals surface area (Å²) in [6, 6.07) is 9.21. The van der Waals surface area contributed by atoms with Crippen LogP contribution in [0.4, 0.5) is 0 Å². The summed E-state index contributed by atoms with van der Waals surface area (Å²) < 4.78 is 33.0. The Balaban J connectivity index is 1.77. The number of nitrogens with two attached hydrogens (primary N) is 1. The summed E-state index contributed by atoms with van der Waals surface area (Å²) in [4.78, 5) is 22.8. The monoisotopic (exact) mass is 347 g/mol. The molecule has 0 bridgehead atoms. The van der Waals surface area contributed by atoms with Crippen molar-refractivity contribution < 1.29 is 37.9 Å². The van der Waals surface area contributed by atoms with Crippen molar-refractivity contribution in [2.45, 2.75) is 37.3 Å². The van der Waals surface area contributed by atoms with E-state index in [1.807, 2.05) is 30.3 Å². The summed E-state index contributed by atoms with van der Waals surface area (Å²) >= 11 is 0. The van der Waals surface area contributed by atoms with E-state index in [1.165, 1.54) is 0 Å². The van der Waals surface area contributed by atoms with Crippen LogP contribution in [0.25, 0.3) is 0 Å². The fraction of sp³-hybridized carbons (Fsp3) is 0.538. The first-order chi connectivity index (χ1) is 11.0. The van der Waals surface area contributed by atoms with Crippen molar-refractivity contribution >= 4 is 7.82 Å². The topological polar surface area (TPSA) is 130 Å². The van der Waals surface area contributed by atoms with Gasteiger partial charge in [-0.15, -0.1) is 0 Å². The molecular weight excluding hydrogens is 329 g/mol. The third-order valence-electron chi connectivity index (χ3n) is 3.67. The van der Waals surface area contributed by atoms with E-state index in [0.29, 0.717) is 0 Å². The standard InChI is InChI=1S/C13H18NO8P/c14-21-11-6-9(22-23(15,16)17)12-10(19-11)7-18-13(20-12)8-4-2-1-3-5-8/h1-5,9-13H,6-7,14H2,(H2,15,16,17)/t9-,10-,11-,12+,13?/m1/s1. The first-order valence-electron chi connectivity index (χ1n) is 7.03. The van der Waals surface area contributed by atoms with Crippen molar-refractivity contribution in [1.82, 2.24) is 0 Å². The number of fused-ring (bicyclic) bond motifs is 1. The summed E-state index contributed by atoms with van der Waals surface area (Å²) in [5.41, 5.74) is 0.790. The molecule has 2 aliphatic rings. The highest BCUT2D eigenvalue weighted by Crippen LogP contribution is 2.43. The third-order valence-corrected chi connectivity index (χ3v) is 4.22. The molecule has 0 amide bonds. The van der Waals surface area contributed by atoms with Crippen molar-refractivity contribution in [1.29, 1.82) is 0 Å². The number of phosphoric acid groups is 1. The SMILES string of the molecule is NO[C@@H]1C[C@@H](OP(=O)(O)O)[C@@H]2OC(c3ccccc3)OC[C@H]2O1. The zero-order valence-corrected chi connectivity index (χ0v) is 13.0. The van der Waals surface area contributed by atoms with Crippen LogP contribution in [0.2, 0.25) is 0 Å². The molecule has 23 heavy (non-hydrogen) atoms. The first kappa shape index (κ1) is 17.0. The first-order valence-corrected chi connectivity index (χ1v) is 8.56. The minimum atomic E-state index is -4.70. The summed E-state index contributed by atoms with van der Waals surface area (Å²) in [6.07, 6.45) is -3.74. The fourth-order valence-corrected chi connectivity index (χ4v) is 3.28. The van der Waals surface area contributed by atoms with E-state index in [9.17, 15) is 4.57 Å². The second-order valence-corrected chi connectivity index (χ2v) is 6.48. The van der Waals surface area contributed by atoms with Crippen molar-refractivity contribution in [3.8, 4) is 0 Å². The maximum atomic E-state index is 11.2. The molecule has 2 fully saturated rings. The Kier molecular flexibility index (Phi) is 5.12. The summed E-state index contributed by atoms with van der Waals surface area (Å²) in [5.74, 6) is 5.11. The minimum absolute atomic E-state index is 0.0320. The Bertz CT molecular complexity index is 566. The number of hydrogen-bond donors (Lipinski definition) is 3. The van der Waals surface area contributed by atoms with Crippen LogP contribution in [0.5, 0.6) is 0 Å². The zero-order chi connectivity index (χ0) is 16.4. The normalized spacial score (nSPS) is 34.8. The summed E-state index contributed by atoms with van der Waals surface area (Å²) in [6.45, 7) is 0.158. The van der Waals surface area contributed by atoms with Gasteiger partial charge in [0, 0.05) is 12.0 Å². The van der Waals surface area contributed by atoms with Crippen LogP contribution in [0.3, 0.4) is 0 Å². The van der Waals surface area contributed by atoms with E-state index in [-0.39, 0.29) is 13.0 Å². The minimum Gasteiger partial charge on any atom is -0.346 e. The van der Waals surface area contributed by atoms with Gasteiger partial charge in [0.1, 0.15) is 18.3 Å². The van der Waals surface area contributed by atoms with Crippen LogP contribution in [0, 0.1) is 0 Å². The second-order valence-electron chi connectivity index (χ2n) is 5.29. The molecule has 3 rings (SSSR count). The van der Waals surface area contributed by atoms with Crippen molar-refractivity contribution in [3.05, 3.63) is 35.9 Å². The van der Waals surface area contributed by atoms with Crippen LogP contribution in [-0.4, -0.2) is 41.0 Å². The number of rotatable bonds is 4. The Morgan fingerprint density at radius 2 is 1.96 bits per heavy atom. The molecule has 5 atom stereocenters. The molecule has 0 aromatic heterocycles. The van der Waals surface area contributed by atoms with Crippen LogP contribution < -0.4 is 5.90 Å². The summed E-state index contributed by atoms with van der Waals surface area (Å²) in [7, 11) is -4.70. The number of hydrogen-bond acceptors (Lipinski definition) is 7. The molecule has 2 heterocycles. The quantitative estimate of drug-likeness (QED) is 0.529. The predicted octanol–water partition coefficient (Wildman–Crippen LogP) is 0.584. The van der Waals surface area contributed by atoms with E-state index < -0.39 is 38.7 Å². The van der Waals surface area contributed by atoms with Gasteiger partial charge in [0.2, 0.25) is 0 Å². The van der Waals surface area contributed by atoms with Gasteiger partial charge in [0.05, 0.1) is 6.61 Å². The molecule has 1 aromatic carbocycles. The molecule has 0 spiro atoms. The van der Waals surface area contributed by atoms with Crippen LogP contribution >= 0.6 is 7.82 Å². The maximum absolute atomic E-state index is 11.2. The molecule has 10 heteroatoms. The molecule has 4 N–H and O–H groups in total. The lowest BCUT2D eigenvalue weighted by Crippen LogP contribution is -2.56. The Hall–Kier alpha value is -0.870. The van der Waals surface area contributed by atoms with E-state index in [4.69, 9.17) is 34.4 Å². The van der Waals surface area contributed by atoms with Gasteiger partial charge in [-0.05, 0) is 0 Å². The van der Waals surface area contributed by atoms with Gasteiger partial charge in [-0.25, -0.2) is 10.5 Å². The van der Waals surface area contributed by atoms with Crippen molar-refractivity contribution in [2.24, 2.45) is 5.90 Å². The van der Waals surface area contributed by atoms with E-state index in [0.717, 1.165) is 5.56 Å². The second kappa shape index (κ2) is 6.94. The Morgan fingerprint density at radius 1 is 1.22 bits per heavy atom. The molecule has 9 nitrogen and oxygen atoms in total. The van der Waals surface area contributed by atoms with Crippen LogP contribution in [-0.2, 0) is 28.1 Å². The molecular formula is C13H18NO8P. The van der Waals surface area contributed by atoms with Gasteiger partial charge in [-0.1, -0.05) is 30.3 Å². The lowest BCUT2D eigenvalue weighted by molar-refractivity contribution is -0.336. The predicted molar refractivity (Wildman–Crippen MR) is 75.5 cm³/mol. The largest absolute Gasteiger partial charge is 0.469 e. The molecule has 0 saturated carbocycles. The van der Waals surface area contributed by atoms with Crippen LogP contribution in [0.15, 0.2) is 30.3 Å². The van der Waals surface area contributed by atoms with Crippen LogP contribution in [0.1, 0.15) is 18.3 Å². The number of ether oxygens (including phenoxy) is 3. The Labute approximate surface area is 132 Å². The van der Waals surface area contributed by atoms with E-state index in [2.05, 4.69) is 4.84 Å². The molecule has 2 saturated heterocycles. The number of phosphoric ester groups is 1. The molecule has 1 aromatic rings. The lowest BCUT2D eigenvalue weighted by atomic mass is 10.0. The Morgan fingerprint density at radius 3 is 2.61 bits per heavy atom. The fourth-order valence-electron chi connectivity index (χ4n) is 2.72. The third kappa shape index (κ3) is 4.16. The molecule has 0 aliphatic carbocycles. The highest BCUT2D eigenvalue weighted by atomic mass is 31.2. The lowest BCUT2D eigenvalue weighted by Gasteiger charge is -2.44. The molecule has 128 valence electrons. The van der Waals surface area contributed by atoms with Gasteiger partial charge >= 0.3 is 7.82 Å². The molecule has 0 radical (unpaired) electrons. The summed E-state index contributed by atoms with van der Waals surface area (Å²) in [5, 5.41) is 0.